The van der Waals surface area contributed by atoms with Gasteiger partial charge in [-0.15, -0.1) is 0 Å². The van der Waals surface area contributed by atoms with Crippen LogP contribution in [0.1, 0.15) is 18.4 Å². The van der Waals surface area contributed by atoms with Crippen molar-refractivity contribution in [2.24, 2.45) is 0 Å². The van der Waals surface area contributed by atoms with Crippen LogP contribution in [0.3, 0.4) is 0 Å². The molecule has 2 aromatic heterocycles. The Labute approximate surface area is 148 Å². The van der Waals surface area contributed by atoms with E-state index in [0.29, 0.717) is 0 Å². The monoisotopic (exact) mass is 336 g/mol. The molecule has 1 aromatic carbocycles. The Bertz CT molecular complexity index is 878. The van der Waals surface area contributed by atoms with Gasteiger partial charge >= 0.3 is 0 Å². The summed E-state index contributed by atoms with van der Waals surface area (Å²) < 4.78 is 2.03. The van der Waals surface area contributed by atoms with Crippen molar-refractivity contribution in [1.29, 1.82) is 0 Å². The largest absolute Gasteiger partial charge is 0.368 e. The van der Waals surface area contributed by atoms with E-state index in [1.165, 1.54) is 5.69 Å². The maximum Gasteiger partial charge on any atom is 0.158 e. The molecule has 1 fully saturated rings. The van der Waals surface area contributed by atoms with Crippen molar-refractivity contribution in [3.8, 4) is 0 Å². The summed E-state index contributed by atoms with van der Waals surface area (Å²) in [7, 11) is 0. The summed E-state index contributed by atoms with van der Waals surface area (Å²) in [6.07, 6.45) is 0. The predicted octanol–water partition coefficient (Wildman–Crippen LogP) is 2.79. The number of benzene rings is 1. The molecule has 4 rings (SSSR count). The topological polar surface area (TPSA) is 50.1 Å². The second-order valence-corrected chi connectivity index (χ2v) is 6.50. The van der Waals surface area contributed by atoms with Crippen LogP contribution >= 0.6 is 0 Å². The van der Waals surface area contributed by atoms with Gasteiger partial charge in [-0.1, -0.05) is 18.2 Å². The van der Waals surface area contributed by atoms with Crippen molar-refractivity contribution >= 4 is 22.5 Å². The first-order chi connectivity index (χ1) is 12.2. The molecule has 0 saturated carbocycles. The molecule has 6 nitrogen and oxygen atoms in total. The van der Waals surface area contributed by atoms with Gasteiger partial charge < -0.3 is 9.80 Å². The zero-order valence-corrected chi connectivity index (χ0v) is 15.1. The molecule has 1 aliphatic heterocycles. The van der Waals surface area contributed by atoms with Gasteiger partial charge in [-0.05, 0) is 32.9 Å². The number of nitrogens with zero attached hydrogens (tertiary/aromatic N) is 6. The van der Waals surface area contributed by atoms with Crippen LogP contribution in [0.2, 0.25) is 0 Å². The molecular weight excluding hydrogens is 312 g/mol. The first-order valence-electron chi connectivity index (χ1n) is 8.94. The molecular formula is C19H24N6. The zero-order chi connectivity index (χ0) is 17.4. The van der Waals surface area contributed by atoms with E-state index in [1.54, 1.807) is 0 Å². The van der Waals surface area contributed by atoms with Gasteiger partial charge in [0.25, 0.3) is 0 Å². The van der Waals surface area contributed by atoms with Crippen molar-refractivity contribution in [2.75, 3.05) is 36.0 Å². The first kappa shape index (κ1) is 15.9. The summed E-state index contributed by atoms with van der Waals surface area (Å²) in [5.74, 6) is 1.84. The molecule has 6 heteroatoms. The van der Waals surface area contributed by atoms with E-state index in [2.05, 4.69) is 57.1 Å². The lowest BCUT2D eigenvalue weighted by Crippen LogP contribution is -2.47. The molecule has 0 bridgehead atoms. The molecule has 3 heterocycles. The average Bonchev–Trinajstić information content (AvgIpc) is 2.98. The van der Waals surface area contributed by atoms with E-state index in [0.717, 1.165) is 61.1 Å². The SMILES string of the molecule is CCn1nc(C)c2nc(C)nc(N3CCN(c4ccccc4)CC3)c21. The van der Waals surface area contributed by atoms with Gasteiger partial charge in [-0.2, -0.15) is 5.10 Å². The Balaban J connectivity index is 1.65. The Morgan fingerprint density at radius 3 is 2.28 bits per heavy atom. The Hall–Kier alpha value is -2.63. The van der Waals surface area contributed by atoms with Crippen LogP contribution in [0.4, 0.5) is 11.5 Å². The molecule has 3 aromatic rings. The maximum absolute atomic E-state index is 4.78. The quantitative estimate of drug-likeness (QED) is 0.736. The number of fused-ring (bicyclic) bond motifs is 1. The summed E-state index contributed by atoms with van der Waals surface area (Å²) in [5.41, 5.74) is 4.32. The Kier molecular flexibility index (Phi) is 4.03. The van der Waals surface area contributed by atoms with Crippen molar-refractivity contribution in [3.05, 3.63) is 41.9 Å². The second-order valence-electron chi connectivity index (χ2n) is 6.50. The van der Waals surface area contributed by atoms with Crippen molar-refractivity contribution < 1.29 is 0 Å². The molecule has 0 unspecified atom stereocenters. The number of anilines is 2. The number of rotatable bonds is 3. The van der Waals surface area contributed by atoms with E-state index < -0.39 is 0 Å². The fraction of sp³-hybridized carbons (Fsp3) is 0.421. The Morgan fingerprint density at radius 1 is 0.920 bits per heavy atom. The van der Waals surface area contributed by atoms with Crippen LogP contribution < -0.4 is 9.80 Å². The minimum atomic E-state index is 0.812. The number of aryl methyl sites for hydroxylation is 3. The minimum absolute atomic E-state index is 0.812. The van der Waals surface area contributed by atoms with E-state index in [-0.39, 0.29) is 0 Å². The normalized spacial score (nSPS) is 15.2. The standard InChI is InChI=1S/C19H24N6/c1-4-25-18-17(14(2)22-25)20-15(3)21-19(18)24-12-10-23(11-13-24)16-8-6-5-7-9-16/h5-9H,4,10-13H2,1-3H3. The number of piperazine rings is 1. The Morgan fingerprint density at radius 2 is 1.60 bits per heavy atom. The summed E-state index contributed by atoms with van der Waals surface area (Å²) >= 11 is 0. The van der Waals surface area contributed by atoms with Crippen LogP contribution in [0.25, 0.3) is 11.0 Å². The van der Waals surface area contributed by atoms with Crippen LogP contribution in [0, 0.1) is 13.8 Å². The van der Waals surface area contributed by atoms with Gasteiger partial charge in [0.2, 0.25) is 0 Å². The van der Waals surface area contributed by atoms with Gasteiger partial charge in [0, 0.05) is 38.4 Å². The van der Waals surface area contributed by atoms with Gasteiger partial charge in [-0.25, -0.2) is 9.97 Å². The fourth-order valence-corrected chi connectivity index (χ4v) is 3.58. The third-order valence-corrected chi connectivity index (χ3v) is 4.85. The molecule has 0 radical (unpaired) electrons. The zero-order valence-electron chi connectivity index (χ0n) is 15.1. The number of para-hydroxylation sites is 1. The molecule has 1 aliphatic rings. The summed E-state index contributed by atoms with van der Waals surface area (Å²) in [6.45, 7) is 10.8. The molecule has 25 heavy (non-hydrogen) atoms. The highest BCUT2D eigenvalue weighted by molar-refractivity contribution is 5.88. The summed E-state index contributed by atoms with van der Waals surface area (Å²) in [6, 6.07) is 10.6. The van der Waals surface area contributed by atoms with Crippen molar-refractivity contribution in [3.63, 3.8) is 0 Å². The lowest BCUT2D eigenvalue weighted by Gasteiger charge is -2.37. The third-order valence-electron chi connectivity index (χ3n) is 4.85. The molecule has 130 valence electrons. The average molecular weight is 336 g/mol. The van der Waals surface area contributed by atoms with Gasteiger partial charge in [-0.3, -0.25) is 4.68 Å². The van der Waals surface area contributed by atoms with Gasteiger partial charge in [0.05, 0.1) is 5.69 Å². The van der Waals surface area contributed by atoms with E-state index in [4.69, 9.17) is 4.98 Å². The van der Waals surface area contributed by atoms with Crippen molar-refractivity contribution in [1.82, 2.24) is 19.7 Å². The molecule has 0 atom stereocenters. The van der Waals surface area contributed by atoms with Crippen LogP contribution in [-0.4, -0.2) is 45.9 Å². The summed E-state index contributed by atoms with van der Waals surface area (Å²) in [4.78, 5) is 14.2. The van der Waals surface area contributed by atoms with Crippen LogP contribution in [0.5, 0.6) is 0 Å². The van der Waals surface area contributed by atoms with Crippen LogP contribution in [-0.2, 0) is 6.54 Å². The fourth-order valence-electron chi connectivity index (χ4n) is 3.58. The predicted molar refractivity (Wildman–Crippen MR) is 101 cm³/mol. The number of aromatic nitrogens is 4. The molecule has 0 aliphatic carbocycles. The van der Waals surface area contributed by atoms with Gasteiger partial charge in [0.15, 0.2) is 5.82 Å². The molecule has 1 saturated heterocycles. The highest BCUT2D eigenvalue weighted by Gasteiger charge is 2.23. The van der Waals surface area contributed by atoms with Crippen LogP contribution in [0.15, 0.2) is 30.3 Å². The van der Waals surface area contributed by atoms with E-state index >= 15 is 0 Å². The van der Waals surface area contributed by atoms with Crippen molar-refractivity contribution in [2.45, 2.75) is 27.3 Å². The van der Waals surface area contributed by atoms with Gasteiger partial charge in [0.1, 0.15) is 16.9 Å². The first-order valence-corrected chi connectivity index (χ1v) is 8.94. The highest BCUT2D eigenvalue weighted by Crippen LogP contribution is 2.27. The minimum Gasteiger partial charge on any atom is -0.368 e. The number of hydrogen-bond acceptors (Lipinski definition) is 5. The molecule has 0 amide bonds. The number of hydrogen-bond donors (Lipinski definition) is 0. The lowest BCUT2D eigenvalue weighted by atomic mass is 10.2. The highest BCUT2D eigenvalue weighted by atomic mass is 15.3. The lowest BCUT2D eigenvalue weighted by molar-refractivity contribution is 0.639. The smallest absolute Gasteiger partial charge is 0.158 e. The molecule has 0 spiro atoms. The second kappa shape index (κ2) is 6.35. The van der Waals surface area contributed by atoms with E-state index in [1.807, 2.05) is 18.5 Å². The van der Waals surface area contributed by atoms with E-state index in [9.17, 15) is 0 Å². The summed E-state index contributed by atoms with van der Waals surface area (Å²) in [5, 5.41) is 4.64. The maximum atomic E-state index is 4.78. The molecule has 0 N–H and O–H groups in total. The third kappa shape index (κ3) is 2.81.